The highest BCUT2D eigenvalue weighted by atomic mass is 16.2. The zero-order chi connectivity index (χ0) is 20.4. The summed E-state index contributed by atoms with van der Waals surface area (Å²) in [4.78, 5) is 45.3. The second-order valence-electron chi connectivity index (χ2n) is 8.04. The van der Waals surface area contributed by atoms with E-state index in [4.69, 9.17) is 0 Å². The van der Waals surface area contributed by atoms with Crippen molar-refractivity contribution in [1.29, 1.82) is 0 Å². The Morgan fingerprint density at radius 3 is 2.59 bits per heavy atom. The molecule has 2 aliphatic heterocycles. The van der Waals surface area contributed by atoms with Gasteiger partial charge in [0.25, 0.3) is 5.56 Å². The molecule has 1 aromatic heterocycles. The summed E-state index contributed by atoms with van der Waals surface area (Å²) in [6.45, 7) is 4.21. The lowest BCUT2D eigenvalue weighted by Gasteiger charge is -2.33. The zero-order valence-electron chi connectivity index (χ0n) is 16.7. The highest BCUT2D eigenvalue weighted by molar-refractivity contribution is 6.00. The van der Waals surface area contributed by atoms with Crippen LogP contribution in [0.15, 0.2) is 47.7 Å². The van der Waals surface area contributed by atoms with Gasteiger partial charge in [-0.25, -0.2) is 4.98 Å². The van der Waals surface area contributed by atoms with Gasteiger partial charge in [0.15, 0.2) is 0 Å². The molecule has 3 heterocycles. The van der Waals surface area contributed by atoms with Crippen LogP contribution in [0.25, 0.3) is 0 Å². The van der Waals surface area contributed by atoms with Gasteiger partial charge >= 0.3 is 0 Å². The van der Waals surface area contributed by atoms with Crippen LogP contribution in [0.2, 0.25) is 0 Å². The number of aryl methyl sites for hydroxylation is 1. The van der Waals surface area contributed by atoms with Crippen LogP contribution in [-0.4, -0.2) is 45.9 Å². The molecule has 2 saturated heterocycles. The summed E-state index contributed by atoms with van der Waals surface area (Å²) >= 11 is 0. The van der Waals surface area contributed by atoms with Crippen LogP contribution < -0.4 is 10.5 Å². The van der Waals surface area contributed by atoms with Crippen LogP contribution in [0.4, 0.5) is 5.69 Å². The molecule has 2 amide bonds. The lowest BCUT2D eigenvalue weighted by molar-refractivity contribution is -0.137. The predicted molar refractivity (Wildman–Crippen MR) is 109 cm³/mol. The first-order chi connectivity index (χ1) is 14.0. The SMILES string of the molecule is Cc1cncn(CC2CCN(C(=O)C3CC(=O)N(c4ccccc4)C3)CC2)c1=O. The highest BCUT2D eigenvalue weighted by Gasteiger charge is 2.38. The van der Waals surface area contributed by atoms with Gasteiger partial charge in [-0.15, -0.1) is 0 Å². The van der Waals surface area contributed by atoms with Gasteiger partial charge in [-0.3, -0.25) is 19.0 Å². The maximum atomic E-state index is 13.0. The molecule has 4 rings (SSSR count). The number of anilines is 1. The molecule has 0 saturated carbocycles. The predicted octanol–water partition coefficient (Wildman–Crippen LogP) is 1.84. The fourth-order valence-corrected chi connectivity index (χ4v) is 4.29. The Labute approximate surface area is 170 Å². The second-order valence-corrected chi connectivity index (χ2v) is 8.04. The average molecular weight is 394 g/mol. The third-order valence-corrected chi connectivity index (χ3v) is 6.00. The van der Waals surface area contributed by atoms with Crippen molar-refractivity contribution in [3.8, 4) is 0 Å². The standard InChI is InChI=1S/C22H26N4O3/c1-16-12-23-15-25(21(16)28)13-17-7-9-24(10-8-17)22(29)18-11-20(27)26(14-18)19-5-3-2-4-6-19/h2-6,12,15,17-18H,7-11,13-14H2,1H3. The van der Waals surface area contributed by atoms with Crippen molar-refractivity contribution >= 4 is 17.5 Å². The Balaban J connectivity index is 1.33. The molecule has 152 valence electrons. The van der Waals surface area contributed by atoms with Gasteiger partial charge < -0.3 is 9.80 Å². The van der Waals surface area contributed by atoms with Crippen LogP contribution in [0.1, 0.15) is 24.8 Å². The molecule has 7 nitrogen and oxygen atoms in total. The van der Waals surface area contributed by atoms with E-state index in [1.807, 2.05) is 35.2 Å². The quantitative estimate of drug-likeness (QED) is 0.793. The van der Waals surface area contributed by atoms with E-state index >= 15 is 0 Å². The van der Waals surface area contributed by atoms with Crippen molar-refractivity contribution in [2.24, 2.45) is 11.8 Å². The monoisotopic (exact) mass is 394 g/mol. The Bertz CT molecular complexity index is 948. The Morgan fingerprint density at radius 1 is 1.14 bits per heavy atom. The third-order valence-electron chi connectivity index (χ3n) is 6.00. The molecule has 29 heavy (non-hydrogen) atoms. The van der Waals surface area contributed by atoms with E-state index in [1.165, 1.54) is 0 Å². The van der Waals surface area contributed by atoms with Gasteiger partial charge in [0.1, 0.15) is 0 Å². The molecule has 0 aliphatic carbocycles. The van der Waals surface area contributed by atoms with E-state index < -0.39 is 0 Å². The largest absolute Gasteiger partial charge is 0.342 e. The van der Waals surface area contributed by atoms with E-state index in [9.17, 15) is 14.4 Å². The van der Waals surface area contributed by atoms with Gasteiger partial charge in [-0.2, -0.15) is 0 Å². The van der Waals surface area contributed by atoms with Gasteiger partial charge in [0.2, 0.25) is 11.8 Å². The summed E-state index contributed by atoms with van der Waals surface area (Å²) in [6.07, 6.45) is 5.17. The van der Waals surface area contributed by atoms with E-state index in [1.54, 1.807) is 28.9 Å². The summed E-state index contributed by atoms with van der Waals surface area (Å²) in [7, 11) is 0. The van der Waals surface area contributed by atoms with Crippen molar-refractivity contribution in [2.75, 3.05) is 24.5 Å². The number of likely N-dealkylation sites (tertiary alicyclic amines) is 1. The van der Waals surface area contributed by atoms with Gasteiger partial charge in [0, 0.05) is 50.0 Å². The molecule has 0 N–H and O–H groups in total. The molecule has 1 atom stereocenters. The van der Waals surface area contributed by atoms with Gasteiger partial charge in [-0.1, -0.05) is 18.2 Å². The summed E-state index contributed by atoms with van der Waals surface area (Å²) < 4.78 is 1.67. The van der Waals surface area contributed by atoms with Crippen molar-refractivity contribution in [3.05, 3.63) is 58.8 Å². The molecule has 7 heteroatoms. The average Bonchev–Trinajstić information content (AvgIpc) is 3.14. The molecule has 2 aromatic rings. The number of rotatable bonds is 4. The van der Waals surface area contributed by atoms with Crippen LogP contribution in [0, 0.1) is 18.8 Å². The van der Waals surface area contributed by atoms with E-state index in [-0.39, 0.29) is 29.7 Å². The smallest absolute Gasteiger partial charge is 0.256 e. The first-order valence-corrected chi connectivity index (χ1v) is 10.2. The number of para-hydroxylation sites is 1. The molecular formula is C22H26N4O3. The van der Waals surface area contributed by atoms with Crippen LogP contribution in [0.5, 0.6) is 0 Å². The number of hydrogen-bond donors (Lipinski definition) is 0. The molecule has 0 spiro atoms. The number of hydrogen-bond acceptors (Lipinski definition) is 4. The van der Waals surface area contributed by atoms with Crippen LogP contribution in [-0.2, 0) is 16.1 Å². The number of amides is 2. The minimum atomic E-state index is -0.275. The first-order valence-electron chi connectivity index (χ1n) is 10.2. The maximum absolute atomic E-state index is 13.0. The van der Waals surface area contributed by atoms with Crippen LogP contribution >= 0.6 is 0 Å². The molecule has 0 bridgehead atoms. The fraction of sp³-hybridized carbons (Fsp3) is 0.455. The van der Waals surface area contributed by atoms with Gasteiger partial charge in [0.05, 0.1) is 12.2 Å². The number of piperidine rings is 1. The van der Waals surface area contributed by atoms with Crippen molar-refractivity contribution in [1.82, 2.24) is 14.5 Å². The molecular weight excluding hydrogens is 368 g/mol. The van der Waals surface area contributed by atoms with E-state index in [0.29, 0.717) is 37.7 Å². The van der Waals surface area contributed by atoms with Crippen molar-refractivity contribution in [2.45, 2.75) is 32.7 Å². The Morgan fingerprint density at radius 2 is 1.86 bits per heavy atom. The summed E-state index contributed by atoms with van der Waals surface area (Å²) in [5.74, 6) is 0.162. The Hall–Kier alpha value is -2.96. The number of carbonyl (C=O) groups excluding carboxylic acids is 2. The minimum absolute atomic E-state index is 0.00368. The summed E-state index contributed by atoms with van der Waals surface area (Å²) in [6, 6.07) is 9.52. The van der Waals surface area contributed by atoms with Crippen molar-refractivity contribution in [3.63, 3.8) is 0 Å². The number of aromatic nitrogens is 2. The van der Waals surface area contributed by atoms with E-state index in [2.05, 4.69) is 4.98 Å². The molecule has 1 aromatic carbocycles. The zero-order valence-corrected chi connectivity index (χ0v) is 16.7. The summed E-state index contributed by atoms with van der Waals surface area (Å²) in [5, 5.41) is 0. The van der Waals surface area contributed by atoms with Crippen LogP contribution in [0.3, 0.4) is 0 Å². The topological polar surface area (TPSA) is 75.5 Å². The highest BCUT2D eigenvalue weighted by Crippen LogP contribution is 2.28. The first kappa shape index (κ1) is 19.4. The molecule has 0 radical (unpaired) electrons. The molecule has 2 aliphatic rings. The number of benzene rings is 1. The second kappa shape index (κ2) is 8.19. The molecule has 1 unspecified atom stereocenters. The Kier molecular flexibility index (Phi) is 5.47. The lowest BCUT2D eigenvalue weighted by Crippen LogP contribution is -2.43. The van der Waals surface area contributed by atoms with Gasteiger partial charge in [-0.05, 0) is 37.8 Å². The fourth-order valence-electron chi connectivity index (χ4n) is 4.29. The third kappa shape index (κ3) is 4.09. The van der Waals surface area contributed by atoms with Crippen molar-refractivity contribution < 1.29 is 9.59 Å². The molecule has 2 fully saturated rings. The number of carbonyl (C=O) groups is 2. The summed E-state index contributed by atoms with van der Waals surface area (Å²) in [5.41, 5.74) is 1.50. The minimum Gasteiger partial charge on any atom is -0.342 e. The lowest BCUT2D eigenvalue weighted by atomic mass is 9.95. The number of nitrogens with zero attached hydrogens (tertiary/aromatic N) is 4. The normalized spacial score (nSPS) is 20.3. The van der Waals surface area contributed by atoms with E-state index in [0.717, 1.165) is 18.5 Å². The maximum Gasteiger partial charge on any atom is 0.256 e.